The third-order valence-corrected chi connectivity index (χ3v) is 2.46. The van der Waals surface area contributed by atoms with Gasteiger partial charge in [0.25, 0.3) is 0 Å². The topological polar surface area (TPSA) is 49.3 Å². The number of hydrogen-bond acceptors (Lipinski definition) is 2. The van der Waals surface area contributed by atoms with Crippen LogP contribution in [0.25, 0.3) is 6.08 Å². The Morgan fingerprint density at radius 2 is 2.06 bits per heavy atom. The van der Waals surface area contributed by atoms with Crippen LogP contribution in [0.4, 0.5) is 4.39 Å². The van der Waals surface area contributed by atoms with Crippen LogP contribution in [0.1, 0.15) is 25.8 Å². The van der Waals surface area contributed by atoms with E-state index in [1.165, 1.54) is 12.1 Å². The van der Waals surface area contributed by atoms with Crippen LogP contribution in [0.15, 0.2) is 29.8 Å². The van der Waals surface area contributed by atoms with Crippen LogP contribution in [0.5, 0.6) is 0 Å². The summed E-state index contributed by atoms with van der Waals surface area (Å²) in [5, 5.41) is 11.8. The van der Waals surface area contributed by atoms with Crippen molar-refractivity contribution >= 4 is 12.0 Å². The van der Waals surface area contributed by atoms with Gasteiger partial charge in [-0.15, -0.1) is 0 Å². The highest BCUT2D eigenvalue weighted by Crippen LogP contribution is 2.08. The molecule has 1 amide bonds. The monoisotopic (exact) mass is 251 g/mol. The molecule has 1 aromatic carbocycles. The third-order valence-electron chi connectivity index (χ3n) is 2.46. The minimum Gasteiger partial charge on any atom is -0.393 e. The van der Waals surface area contributed by atoms with E-state index in [0.29, 0.717) is 18.5 Å². The molecule has 98 valence electrons. The summed E-state index contributed by atoms with van der Waals surface area (Å²) >= 11 is 0. The fraction of sp³-hybridized carbons (Fsp3) is 0.357. The lowest BCUT2D eigenvalue weighted by Gasteiger charge is -2.07. The summed E-state index contributed by atoms with van der Waals surface area (Å²) in [6.07, 6.45) is 1.79. The Kier molecular flexibility index (Phi) is 5.52. The van der Waals surface area contributed by atoms with Gasteiger partial charge in [-0.3, -0.25) is 4.79 Å². The van der Waals surface area contributed by atoms with Gasteiger partial charge in [-0.25, -0.2) is 4.39 Å². The second-order valence-electron chi connectivity index (χ2n) is 4.27. The molecule has 3 nitrogen and oxygen atoms in total. The van der Waals surface area contributed by atoms with Gasteiger partial charge in [-0.05, 0) is 44.0 Å². The van der Waals surface area contributed by atoms with Gasteiger partial charge < -0.3 is 10.4 Å². The SMILES string of the molecule is C/C(=C\c1ccc(F)cc1)C(=O)NCCC(C)O. The van der Waals surface area contributed by atoms with E-state index in [-0.39, 0.29) is 11.7 Å². The highest BCUT2D eigenvalue weighted by molar-refractivity contribution is 5.97. The van der Waals surface area contributed by atoms with Crippen LogP contribution in [0.3, 0.4) is 0 Å². The number of hydrogen-bond donors (Lipinski definition) is 2. The number of amides is 1. The van der Waals surface area contributed by atoms with Crippen molar-refractivity contribution in [1.29, 1.82) is 0 Å². The standard InChI is InChI=1S/C14H18FNO2/c1-10(14(18)16-8-7-11(2)17)9-12-3-5-13(15)6-4-12/h3-6,9,11,17H,7-8H2,1-2H3,(H,16,18)/b10-9+. The predicted octanol–water partition coefficient (Wildman–Crippen LogP) is 2.12. The summed E-state index contributed by atoms with van der Waals surface area (Å²) in [7, 11) is 0. The maximum absolute atomic E-state index is 12.7. The van der Waals surface area contributed by atoms with E-state index in [4.69, 9.17) is 5.11 Å². The number of rotatable bonds is 5. The van der Waals surface area contributed by atoms with Crippen LogP contribution < -0.4 is 5.32 Å². The summed E-state index contributed by atoms with van der Waals surface area (Å²) in [4.78, 5) is 11.7. The summed E-state index contributed by atoms with van der Waals surface area (Å²) in [5.74, 6) is -0.480. The molecule has 1 aromatic rings. The molecule has 0 aliphatic carbocycles. The number of aliphatic hydroxyl groups is 1. The molecule has 0 saturated carbocycles. The van der Waals surface area contributed by atoms with E-state index in [1.807, 2.05) is 0 Å². The highest BCUT2D eigenvalue weighted by Gasteiger charge is 2.04. The van der Waals surface area contributed by atoms with Crippen LogP contribution in [0, 0.1) is 5.82 Å². The first kappa shape index (κ1) is 14.4. The zero-order valence-corrected chi connectivity index (χ0v) is 10.6. The Morgan fingerprint density at radius 1 is 1.44 bits per heavy atom. The van der Waals surface area contributed by atoms with Crippen LogP contribution in [-0.4, -0.2) is 23.7 Å². The second-order valence-corrected chi connectivity index (χ2v) is 4.27. The summed E-state index contributed by atoms with van der Waals surface area (Å²) in [6.45, 7) is 3.81. The van der Waals surface area contributed by atoms with Gasteiger partial charge in [0.2, 0.25) is 5.91 Å². The molecule has 0 bridgehead atoms. The Morgan fingerprint density at radius 3 is 2.61 bits per heavy atom. The van der Waals surface area contributed by atoms with Crippen molar-refractivity contribution in [2.24, 2.45) is 0 Å². The lowest BCUT2D eigenvalue weighted by molar-refractivity contribution is -0.117. The van der Waals surface area contributed by atoms with Crippen molar-refractivity contribution in [2.45, 2.75) is 26.4 Å². The molecule has 18 heavy (non-hydrogen) atoms. The fourth-order valence-corrected chi connectivity index (χ4v) is 1.41. The number of carbonyl (C=O) groups excluding carboxylic acids is 1. The smallest absolute Gasteiger partial charge is 0.246 e. The molecule has 4 heteroatoms. The Labute approximate surface area is 106 Å². The molecule has 1 atom stereocenters. The van der Waals surface area contributed by atoms with E-state index in [0.717, 1.165) is 5.56 Å². The molecule has 0 aliphatic rings. The van der Waals surface area contributed by atoms with Gasteiger partial charge in [0, 0.05) is 12.1 Å². The van der Waals surface area contributed by atoms with E-state index < -0.39 is 6.10 Å². The van der Waals surface area contributed by atoms with Crippen molar-refractivity contribution in [3.05, 3.63) is 41.2 Å². The number of aliphatic hydroxyl groups excluding tert-OH is 1. The van der Waals surface area contributed by atoms with E-state index in [1.54, 1.807) is 32.1 Å². The van der Waals surface area contributed by atoms with Gasteiger partial charge in [-0.1, -0.05) is 12.1 Å². The van der Waals surface area contributed by atoms with Gasteiger partial charge in [0.15, 0.2) is 0 Å². The minimum atomic E-state index is -0.424. The molecule has 0 heterocycles. The zero-order valence-electron chi connectivity index (χ0n) is 10.6. The Balaban J connectivity index is 2.54. The molecule has 0 fully saturated rings. The normalized spacial score (nSPS) is 13.2. The molecular formula is C14H18FNO2. The highest BCUT2D eigenvalue weighted by atomic mass is 19.1. The summed E-state index contributed by atoms with van der Waals surface area (Å²) in [5.41, 5.74) is 1.33. The molecule has 2 N–H and O–H groups in total. The minimum absolute atomic E-state index is 0.181. The first-order chi connectivity index (χ1) is 8.49. The predicted molar refractivity (Wildman–Crippen MR) is 69.4 cm³/mol. The zero-order chi connectivity index (χ0) is 13.5. The Bertz CT molecular complexity index is 424. The first-order valence-corrected chi connectivity index (χ1v) is 5.89. The van der Waals surface area contributed by atoms with Crippen molar-refractivity contribution in [3.63, 3.8) is 0 Å². The molecular weight excluding hydrogens is 233 g/mol. The number of halogens is 1. The Hall–Kier alpha value is -1.68. The number of benzene rings is 1. The van der Waals surface area contributed by atoms with Crippen LogP contribution in [0.2, 0.25) is 0 Å². The van der Waals surface area contributed by atoms with Gasteiger partial charge >= 0.3 is 0 Å². The van der Waals surface area contributed by atoms with Crippen molar-refractivity contribution in [3.8, 4) is 0 Å². The molecule has 1 unspecified atom stereocenters. The average Bonchev–Trinajstić information content (AvgIpc) is 2.31. The van der Waals surface area contributed by atoms with Crippen molar-refractivity contribution < 1.29 is 14.3 Å². The first-order valence-electron chi connectivity index (χ1n) is 5.89. The van der Waals surface area contributed by atoms with Crippen LogP contribution >= 0.6 is 0 Å². The van der Waals surface area contributed by atoms with Crippen molar-refractivity contribution in [1.82, 2.24) is 5.32 Å². The number of nitrogens with one attached hydrogen (secondary N) is 1. The quantitative estimate of drug-likeness (QED) is 0.787. The largest absolute Gasteiger partial charge is 0.393 e. The van der Waals surface area contributed by atoms with E-state index in [9.17, 15) is 9.18 Å². The van der Waals surface area contributed by atoms with Crippen LogP contribution in [-0.2, 0) is 4.79 Å². The van der Waals surface area contributed by atoms with Gasteiger partial charge in [0.05, 0.1) is 6.10 Å². The second kappa shape index (κ2) is 6.91. The third kappa shape index (κ3) is 5.10. The molecule has 1 rings (SSSR count). The molecule has 0 radical (unpaired) electrons. The summed E-state index contributed by atoms with van der Waals surface area (Å²) in [6, 6.07) is 5.93. The lowest BCUT2D eigenvalue weighted by Crippen LogP contribution is -2.27. The molecule has 0 saturated heterocycles. The fourth-order valence-electron chi connectivity index (χ4n) is 1.41. The van der Waals surface area contributed by atoms with E-state index >= 15 is 0 Å². The van der Waals surface area contributed by atoms with Gasteiger partial charge in [0.1, 0.15) is 5.82 Å². The maximum atomic E-state index is 12.7. The molecule has 0 aliphatic heterocycles. The lowest BCUT2D eigenvalue weighted by atomic mass is 10.1. The molecule has 0 spiro atoms. The molecule has 0 aromatic heterocycles. The van der Waals surface area contributed by atoms with Gasteiger partial charge in [-0.2, -0.15) is 0 Å². The average molecular weight is 251 g/mol. The maximum Gasteiger partial charge on any atom is 0.246 e. The summed E-state index contributed by atoms with van der Waals surface area (Å²) < 4.78 is 12.7. The number of carbonyl (C=O) groups is 1. The van der Waals surface area contributed by atoms with Crippen molar-refractivity contribution in [2.75, 3.05) is 6.54 Å². The van der Waals surface area contributed by atoms with E-state index in [2.05, 4.69) is 5.32 Å².